The Balaban J connectivity index is 2.91. The number of nitriles is 1. The first-order valence-corrected chi connectivity index (χ1v) is 5.45. The molecule has 0 fully saturated rings. The van der Waals surface area contributed by atoms with E-state index >= 15 is 0 Å². The minimum absolute atomic E-state index is 0.341. The van der Waals surface area contributed by atoms with Crippen LogP contribution in [0.15, 0.2) is 18.2 Å². The van der Waals surface area contributed by atoms with Crippen molar-refractivity contribution in [3.8, 4) is 6.07 Å². The molecule has 0 amide bonds. The summed E-state index contributed by atoms with van der Waals surface area (Å²) in [5.74, 6) is -0.341. The van der Waals surface area contributed by atoms with Crippen molar-refractivity contribution in [2.45, 2.75) is 39.1 Å². The highest BCUT2D eigenvalue weighted by Crippen LogP contribution is 2.23. The van der Waals surface area contributed by atoms with E-state index in [4.69, 9.17) is 10.00 Å². The Kier molecular flexibility index (Phi) is 4.62. The minimum atomic E-state index is -0.791. The van der Waals surface area contributed by atoms with Gasteiger partial charge in [0.05, 0.1) is 18.3 Å². The van der Waals surface area contributed by atoms with Crippen LogP contribution in [0.2, 0.25) is 0 Å². The summed E-state index contributed by atoms with van der Waals surface area (Å²) in [6, 6.07) is 6.20. The zero-order valence-electron chi connectivity index (χ0n) is 10.1. The predicted molar refractivity (Wildman–Crippen MR) is 61.7 cm³/mol. The summed E-state index contributed by atoms with van der Waals surface area (Å²) in [4.78, 5) is 0. The minimum Gasteiger partial charge on any atom is -0.391 e. The van der Waals surface area contributed by atoms with Gasteiger partial charge < -0.3 is 9.84 Å². The number of ether oxygens (including phenoxy) is 1. The smallest absolute Gasteiger partial charge is 0.169 e. The molecular weight excluding hydrogens is 221 g/mol. The second-order valence-corrected chi connectivity index (χ2v) is 4.09. The molecule has 1 aromatic rings. The lowest BCUT2D eigenvalue weighted by Crippen LogP contribution is -2.24. The van der Waals surface area contributed by atoms with Crippen LogP contribution in [0, 0.1) is 24.1 Å². The van der Waals surface area contributed by atoms with Crippen LogP contribution in [-0.2, 0) is 4.74 Å². The molecule has 3 nitrogen and oxygen atoms in total. The maximum Gasteiger partial charge on any atom is 0.169 e. The predicted octanol–water partition coefficient (Wildman–Crippen LogP) is 2.48. The number of halogens is 1. The molecule has 17 heavy (non-hydrogen) atoms. The molecule has 0 heterocycles. The third-order valence-electron chi connectivity index (χ3n) is 2.66. The molecule has 0 aliphatic rings. The summed E-state index contributed by atoms with van der Waals surface area (Å²) >= 11 is 0. The van der Waals surface area contributed by atoms with Gasteiger partial charge in [-0.1, -0.05) is 6.07 Å². The number of rotatable bonds is 4. The fourth-order valence-electron chi connectivity index (χ4n) is 1.43. The normalized spacial score (nSPS) is 16.0. The average Bonchev–Trinajstić information content (AvgIpc) is 2.26. The molecular formula is C13H16FNO2. The van der Waals surface area contributed by atoms with E-state index < -0.39 is 18.3 Å². The van der Waals surface area contributed by atoms with E-state index in [1.165, 1.54) is 18.2 Å². The molecule has 0 aliphatic heterocycles. The van der Waals surface area contributed by atoms with Gasteiger partial charge in [0.1, 0.15) is 5.82 Å². The zero-order valence-corrected chi connectivity index (χ0v) is 10.1. The molecule has 1 rings (SSSR count). The number of hydrogen-bond acceptors (Lipinski definition) is 3. The molecule has 4 heteroatoms. The van der Waals surface area contributed by atoms with Crippen LogP contribution in [0.3, 0.4) is 0 Å². The number of benzene rings is 1. The van der Waals surface area contributed by atoms with E-state index in [2.05, 4.69) is 0 Å². The molecule has 0 aromatic heterocycles. The Hall–Kier alpha value is -1.44. The van der Waals surface area contributed by atoms with Crippen LogP contribution in [0.25, 0.3) is 0 Å². The van der Waals surface area contributed by atoms with Crippen molar-refractivity contribution >= 4 is 0 Å². The van der Waals surface area contributed by atoms with E-state index in [-0.39, 0.29) is 5.82 Å². The molecule has 0 saturated heterocycles. The number of aliphatic hydroxyl groups excluding tert-OH is 1. The fourth-order valence-corrected chi connectivity index (χ4v) is 1.43. The van der Waals surface area contributed by atoms with Gasteiger partial charge in [-0.3, -0.25) is 0 Å². The van der Waals surface area contributed by atoms with Gasteiger partial charge in [0.15, 0.2) is 6.10 Å². The number of nitrogens with zero attached hydrogens (tertiary/aromatic N) is 1. The van der Waals surface area contributed by atoms with Crippen molar-refractivity contribution in [1.29, 1.82) is 5.26 Å². The Bertz CT molecular complexity index is 426. The average molecular weight is 237 g/mol. The summed E-state index contributed by atoms with van der Waals surface area (Å²) in [6.45, 7) is 5.00. The van der Waals surface area contributed by atoms with Gasteiger partial charge in [-0.05, 0) is 44.0 Å². The maximum atomic E-state index is 12.9. The van der Waals surface area contributed by atoms with Crippen LogP contribution in [0.1, 0.15) is 31.1 Å². The second-order valence-electron chi connectivity index (χ2n) is 4.09. The SMILES string of the molecule is Cc1cc(F)ccc1C(C#N)OC(C)C(C)O. The fraction of sp³-hybridized carbons (Fsp3) is 0.462. The van der Waals surface area contributed by atoms with Gasteiger partial charge in [0.2, 0.25) is 0 Å². The molecule has 0 radical (unpaired) electrons. The first kappa shape index (κ1) is 13.6. The van der Waals surface area contributed by atoms with Crippen LogP contribution in [0.5, 0.6) is 0 Å². The lowest BCUT2D eigenvalue weighted by molar-refractivity contribution is -0.0427. The highest BCUT2D eigenvalue weighted by atomic mass is 19.1. The number of aryl methyl sites for hydroxylation is 1. The van der Waals surface area contributed by atoms with Crippen LogP contribution in [0.4, 0.5) is 4.39 Å². The van der Waals surface area contributed by atoms with Gasteiger partial charge in [-0.15, -0.1) is 0 Å². The molecule has 0 spiro atoms. The molecule has 92 valence electrons. The van der Waals surface area contributed by atoms with Gasteiger partial charge in [-0.2, -0.15) is 5.26 Å². The van der Waals surface area contributed by atoms with Crippen LogP contribution in [-0.4, -0.2) is 17.3 Å². The highest BCUT2D eigenvalue weighted by molar-refractivity contribution is 5.31. The van der Waals surface area contributed by atoms with E-state index in [9.17, 15) is 9.50 Å². The van der Waals surface area contributed by atoms with Crippen molar-refractivity contribution in [3.05, 3.63) is 35.1 Å². The lowest BCUT2D eigenvalue weighted by atomic mass is 10.0. The lowest BCUT2D eigenvalue weighted by Gasteiger charge is -2.20. The van der Waals surface area contributed by atoms with Gasteiger partial charge in [0, 0.05) is 0 Å². The summed E-state index contributed by atoms with van der Waals surface area (Å²) in [7, 11) is 0. The Morgan fingerprint density at radius 1 is 1.41 bits per heavy atom. The van der Waals surface area contributed by atoms with E-state index in [1.807, 2.05) is 6.07 Å². The molecule has 0 bridgehead atoms. The quantitative estimate of drug-likeness (QED) is 0.875. The van der Waals surface area contributed by atoms with Gasteiger partial charge in [-0.25, -0.2) is 4.39 Å². The second kappa shape index (κ2) is 5.76. The Labute approximate surface area is 100 Å². The topological polar surface area (TPSA) is 53.2 Å². The molecule has 0 saturated carbocycles. The monoisotopic (exact) mass is 237 g/mol. The first-order valence-electron chi connectivity index (χ1n) is 5.45. The van der Waals surface area contributed by atoms with Crippen molar-refractivity contribution in [2.24, 2.45) is 0 Å². The maximum absolute atomic E-state index is 12.9. The molecule has 3 unspecified atom stereocenters. The third-order valence-corrected chi connectivity index (χ3v) is 2.66. The van der Waals surface area contributed by atoms with Crippen molar-refractivity contribution < 1.29 is 14.2 Å². The van der Waals surface area contributed by atoms with Crippen molar-refractivity contribution in [3.63, 3.8) is 0 Å². The largest absolute Gasteiger partial charge is 0.391 e. The van der Waals surface area contributed by atoms with Gasteiger partial charge >= 0.3 is 0 Å². The van der Waals surface area contributed by atoms with Crippen LogP contribution >= 0.6 is 0 Å². The molecule has 1 aromatic carbocycles. The van der Waals surface area contributed by atoms with Crippen LogP contribution < -0.4 is 0 Å². The standard InChI is InChI=1S/C13H16FNO2/c1-8-6-11(14)4-5-12(8)13(7-15)17-10(3)9(2)16/h4-6,9-10,13,16H,1-3H3. The van der Waals surface area contributed by atoms with E-state index in [0.29, 0.717) is 11.1 Å². The first-order chi connectivity index (χ1) is 7.95. The molecule has 1 N–H and O–H groups in total. The number of hydrogen-bond donors (Lipinski definition) is 1. The zero-order chi connectivity index (χ0) is 13.0. The van der Waals surface area contributed by atoms with Crippen molar-refractivity contribution in [2.75, 3.05) is 0 Å². The van der Waals surface area contributed by atoms with Crippen molar-refractivity contribution in [1.82, 2.24) is 0 Å². The molecule has 0 aliphatic carbocycles. The third kappa shape index (κ3) is 3.52. The summed E-state index contributed by atoms with van der Waals surface area (Å²) in [5, 5.41) is 18.4. The summed E-state index contributed by atoms with van der Waals surface area (Å²) < 4.78 is 18.4. The molecule has 3 atom stereocenters. The van der Waals surface area contributed by atoms with Gasteiger partial charge in [0.25, 0.3) is 0 Å². The Morgan fingerprint density at radius 3 is 2.53 bits per heavy atom. The Morgan fingerprint density at radius 2 is 2.06 bits per heavy atom. The summed E-state index contributed by atoms with van der Waals surface area (Å²) in [6.07, 6.45) is -1.91. The van der Waals surface area contributed by atoms with E-state index in [1.54, 1.807) is 20.8 Å². The highest BCUT2D eigenvalue weighted by Gasteiger charge is 2.19. The summed E-state index contributed by atoms with van der Waals surface area (Å²) in [5.41, 5.74) is 1.29. The number of aliphatic hydroxyl groups is 1. The van der Waals surface area contributed by atoms with E-state index in [0.717, 1.165) is 0 Å².